The second-order valence-corrected chi connectivity index (χ2v) is 24.6. The van der Waals surface area contributed by atoms with Crippen LogP contribution in [-0.2, 0) is 64.1 Å². The van der Waals surface area contributed by atoms with E-state index in [2.05, 4.69) is 0 Å². The molecule has 3 heterocycles. The van der Waals surface area contributed by atoms with E-state index in [1.54, 1.807) is 51.3 Å². The van der Waals surface area contributed by atoms with Crippen molar-refractivity contribution in [1.82, 2.24) is 19.6 Å². The molecule has 3 saturated heterocycles. The SMILES string of the molecule is CC(C)(C)OC(=O)N(Cc1ccccc1)[C@H]1[C@@H](O[C@H]2[C@@H]3OC4(CCCCC4)O[C@H]3[C@H](N(Cc3ccccc3)C(=O)OC(C)(C)C)C[C@@H]2N(Cc2ccccc2)C(=O)OC(C)(C)C)O[C@@H]2CN(Cc3ccccc3)C(=O)O[C@H]2[C@@H]1O. The molecule has 5 aliphatic rings. The summed E-state index contributed by atoms with van der Waals surface area (Å²) in [5.41, 5.74) is 0.392. The van der Waals surface area contributed by atoms with Crippen LogP contribution >= 0.6 is 0 Å². The van der Waals surface area contributed by atoms with Crippen LogP contribution in [0.15, 0.2) is 121 Å². The Labute approximate surface area is 465 Å². The number of benzene rings is 4. The molecule has 2 aliphatic carbocycles. The summed E-state index contributed by atoms with van der Waals surface area (Å²) in [6, 6.07) is 34.8. The summed E-state index contributed by atoms with van der Waals surface area (Å²) in [6.07, 6.45) is -7.22. The normalized spacial score (nSPS) is 26.7. The lowest BCUT2D eigenvalue weighted by atomic mass is 9.81. The Morgan fingerprint density at radius 2 is 1.01 bits per heavy atom. The molecule has 1 spiro atoms. The maximum atomic E-state index is 15.3. The molecule has 0 radical (unpaired) electrons. The minimum Gasteiger partial charge on any atom is -0.444 e. The van der Waals surface area contributed by atoms with Gasteiger partial charge < -0.3 is 47.9 Å². The van der Waals surface area contributed by atoms with Crippen molar-refractivity contribution < 1.29 is 62.2 Å². The van der Waals surface area contributed by atoms with E-state index in [9.17, 15) is 14.7 Å². The van der Waals surface area contributed by atoms with Gasteiger partial charge in [0.2, 0.25) is 0 Å². The molecule has 426 valence electrons. The number of hydrogen-bond donors (Lipinski definition) is 1. The first-order chi connectivity index (χ1) is 37.5. The lowest BCUT2D eigenvalue weighted by molar-refractivity contribution is -0.316. The average Bonchev–Trinajstić information content (AvgIpc) is 3.96. The van der Waals surface area contributed by atoms with E-state index in [0.29, 0.717) is 18.4 Å². The fraction of sp³-hybridized carbons (Fsp3) is 0.548. The smallest absolute Gasteiger partial charge is 0.411 e. The van der Waals surface area contributed by atoms with E-state index in [1.807, 2.05) is 142 Å². The van der Waals surface area contributed by atoms with Gasteiger partial charge in [-0.3, -0.25) is 14.7 Å². The maximum Gasteiger partial charge on any atom is 0.411 e. The van der Waals surface area contributed by atoms with Crippen molar-refractivity contribution in [3.63, 3.8) is 0 Å². The zero-order chi connectivity index (χ0) is 56.3. The van der Waals surface area contributed by atoms with Crippen molar-refractivity contribution in [2.75, 3.05) is 6.54 Å². The van der Waals surface area contributed by atoms with Crippen LogP contribution in [0.25, 0.3) is 0 Å². The zero-order valence-corrected chi connectivity index (χ0v) is 47.2. The van der Waals surface area contributed by atoms with Crippen LogP contribution in [0.2, 0.25) is 0 Å². The van der Waals surface area contributed by atoms with E-state index in [1.165, 1.54) is 9.80 Å². The topological polar surface area (TPSA) is 175 Å². The molecule has 4 aromatic carbocycles. The van der Waals surface area contributed by atoms with Crippen LogP contribution in [0.5, 0.6) is 0 Å². The summed E-state index contributed by atoms with van der Waals surface area (Å²) in [5.74, 6) is -1.09. The number of fused-ring (bicyclic) bond motifs is 2. The minimum absolute atomic E-state index is 0.000474. The Morgan fingerprint density at radius 3 is 1.49 bits per heavy atom. The first-order valence-electron chi connectivity index (χ1n) is 28.0. The van der Waals surface area contributed by atoms with Crippen molar-refractivity contribution in [2.45, 2.75) is 211 Å². The van der Waals surface area contributed by atoms with Gasteiger partial charge in [-0.1, -0.05) is 128 Å². The second-order valence-electron chi connectivity index (χ2n) is 24.6. The number of rotatable bonds is 13. The largest absolute Gasteiger partial charge is 0.444 e. The molecule has 10 atom stereocenters. The Hall–Kier alpha value is -6.24. The highest BCUT2D eigenvalue weighted by atomic mass is 16.8. The Kier molecular flexibility index (Phi) is 17.3. The number of aliphatic hydroxyl groups excluding tert-OH is 1. The first-order valence-corrected chi connectivity index (χ1v) is 28.0. The Bertz CT molecular complexity index is 2670. The van der Waals surface area contributed by atoms with Gasteiger partial charge in [0.25, 0.3) is 0 Å². The van der Waals surface area contributed by atoms with Gasteiger partial charge in [-0.15, -0.1) is 0 Å². The summed E-state index contributed by atoms with van der Waals surface area (Å²) in [6.45, 7) is 16.5. The quantitative estimate of drug-likeness (QED) is 0.125. The molecule has 4 aromatic rings. The standard InChI is InChI=1S/C62H80N4O13/c1-59(2,3)77-56(69)64(37-42-27-17-11-18-28-42)45-35-46(65(57(70)78-60(4,5)6)38-43-29-19-12-20-30-43)51-53(76-62(75-51)33-23-14-24-34-62)50(45)73-54-48(66(58(71)79-61(7,8)9)39-44-31-21-13-22-32-44)49(67)52-47(72-54)40-63(55(68)74-52)36-41-25-15-10-16-26-41/h10-13,15-22,25-32,45-54,67H,14,23-24,33-40H2,1-9H3/t45-,46+,47+,48+,49+,50+,51-,52+,53-,54+/m0/s1. The van der Waals surface area contributed by atoms with Gasteiger partial charge in [-0.2, -0.15) is 0 Å². The fourth-order valence-corrected chi connectivity index (χ4v) is 11.5. The molecule has 4 amide bonds. The predicted molar refractivity (Wildman–Crippen MR) is 293 cm³/mol. The molecular weight excluding hydrogens is 1010 g/mol. The summed E-state index contributed by atoms with van der Waals surface area (Å²) in [7, 11) is 0. The number of aliphatic hydroxyl groups is 1. The molecule has 17 nitrogen and oxygen atoms in total. The van der Waals surface area contributed by atoms with Gasteiger partial charge in [0.1, 0.15) is 53.4 Å². The number of carbonyl (C=O) groups excluding carboxylic acids is 4. The molecule has 17 heteroatoms. The van der Waals surface area contributed by atoms with Crippen molar-refractivity contribution in [1.29, 1.82) is 0 Å². The van der Waals surface area contributed by atoms with Crippen LogP contribution in [0.3, 0.4) is 0 Å². The van der Waals surface area contributed by atoms with Crippen molar-refractivity contribution in [3.05, 3.63) is 144 Å². The summed E-state index contributed by atoms with van der Waals surface area (Å²) in [4.78, 5) is 65.5. The van der Waals surface area contributed by atoms with Crippen molar-refractivity contribution in [3.8, 4) is 0 Å². The number of carbonyl (C=O) groups is 4. The van der Waals surface area contributed by atoms with Crippen molar-refractivity contribution >= 4 is 24.4 Å². The van der Waals surface area contributed by atoms with Gasteiger partial charge >= 0.3 is 24.4 Å². The van der Waals surface area contributed by atoms with Crippen molar-refractivity contribution in [2.24, 2.45) is 0 Å². The lowest BCUT2D eigenvalue weighted by Gasteiger charge is -2.53. The van der Waals surface area contributed by atoms with E-state index >= 15 is 9.59 Å². The predicted octanol–water partition coefficient (Wildman–Crippen LogP) is 10.7. The molecule has 79 heavy (non-hydrogen) atoms. The molecular formula is C62H80N4O13. The monoisotopic (exact) mass is 1090 g/mol. The lowest BCUT2D eigenvalue weighted by Crippen LogP contribution is -2.71. The maximum absolute atomic E-state index is 15.3. The highest BCUT2D eigenvalue weighted by Gasteiger charge is 2.63. The number of amides is 4. The zero-order valence-electron chi connectivity index (χ0n) is 47.2. The van der Waals surface area contributed by atoms with Crippen LogP contribution < -0.4 is 0 Å². The number of hydrogen-bond acceptors (Lipinski definition) is 13. The summed E-state index contributed by atoms with van der Waals surface area (Å²) < 4.78 is 54.3. The van der Waals surface area contributed by atoms with Gasteiger partial charge in [0.15, 0.2) is 18.2 Å². The van der Waals surface area contributed by atoms with Gasteiger partial charge in [0.05, 0.1) is 18.6 Å². The van der Waals surface area contributed by atoms with Crippen LogP contribution in [-0.4, -0.2) is 139 Å². The molecule has 0 bridgehead atoms. The highest BCUT2D eigenvalue weighted by molar-refractivity contribution is 5.71. The minimum atomic E-state index is -1.60. The molecule has 3 aliphatic heterocycles. The Balaban J connectivity index is 1.21. The third kappa shape index (κ3) is 14.2. The van der Waals surface area contributed by atoms with Crippen LogP contribution in [0, 0.1) is 0 Å². The van der Waals surface area contributed by atoms with E-state index in [4.69, 9.17) is 37.9 Å². The summed E-state index contributed by atoms with van der Waals surface area (Å²) >= 11 is 0. The molecule has 2 saturated carbocycles. The Morgan fingerprint density at radius 1 is 0.582 bits per heavy atom. The van der Waals surface area contributed by atoms with Gasteiger partial charge in [0, 0.05) is 39.0 Å². The third-order valence-electron chi connectivity index (χ3n) is 14.9. The van der Waals surface area contributed by atoms with Gasteiger partial charge in [-0.25, -0.2) is 19.2 Å². The fourth-order valence-electron chi connectivity index (χ4n) is 11.5. The van der Waals surface area contributed by atoms with E-state index < -0.39 is 108 Å². The average molecular weight is 1090 g/mol. The molecule has 0 aromatic heterocycles. The second kappa shape index (κ2) is 23.8. The molecule has 0 unspecified atom stereocenters. The number of ether oxygens (including phenoxy) is 8. The molecule has 9 rings (SSSR count). The summed E-state index contributed by atoms with van der Waals surface area (Å²) in [5, 5.41) is 13.0. The van der Waals surface area contributed by atoms with E-state index in [-0.39, 0.29) is 39.1 Å². The highest BCUT2D eigenvalue weighted by Crippen LogP contribution is 2.49. The van der Waals surface area contributed by atoms with Crippen LogP contribution in [0.1, 0.15) is 123 Å². The number of nitrogens with zero attached hydrogens (tertiary/aromatic N) is 4. The molecule has 5 fully saturated rings. The van der Waals surface area contributed by atoms with Gasteiger partial charge in [-0.05, 0) is 104 Å². The third-order valence-corrected chi connectivity index (χ3v) is 14.9. The first kappa shape index (κ1) is 57.4. The molecule has 1 N–H and O–H groups in total. The van der Waals surface area contributed by atoms with E-state index in [0.717, 1.165) is 36.0 Å². The van der Waals surface area contributed by atoms with Crippen LogP contribution in [0.4, 0.5) is 19.2 Å².